The summed E-state index contributed by atoms with van der Waals surface area (Å²) < 4.78 is 28.0. The molecule has 3 unspecified atom stereocenters. The van der Waals surface area contributed by atoms with Crippen LogP contribution < -0.4 is 5.32 Å². The molecule has 1 aliphatic carbocycles. The van der Waals surface area contributed by atoms with Crippen molar-refractivity contribution in [2.75, 3.05) is 5.32 Å². The van der Waals surface area contributed by atoms with Crippen molar-refractivity contribution in [1.82, 2.24) is 0 Å². The Bertz CT molecular complexity index is 1230. The van der Waals surface area contributed by atoms with Crippen molar-refractivity contribution in [2.24, 2.45) is 5.92 Å². The molecule has 0 aromatic heterocycles. The number of benzene rings is 3. The number of amides is 1. The first-order chi connectivity index (χ1) is 15.6. The van der Waals surface area contributed by atoms with Crippen molar-refractivity contribution < 1.29 is 18.4 Å². The highest BCUT2D eigenvalue weighted by Crippen LogP contribution is 2.63. The van der Waals surface area contributed by atoms with E-state index < -0.39 is 28.7 Å². The average molecular weight is 529 g/mol. The predicted molar refractivity (Wildman–Crippen MR) is 127 cm³/mol. The molecule has 33 heavy (non-hydrogen) atoms. The topological polar surface area (TPSA) is 46.2 Å². The number of halogens is 6. The largest absolute Gasteiger partial charge is 0.326 e. The minimum Gasteiger partial charge on any atom is -0.326 e. The van der Waals surface area contributed by atoms with Crippen LogP contribution in [0, 0.1) is 11.7 Å². The van der Waals surface area contributed by atoms with Crippen molar-refractivity contribution in [1.29, 1.82) is 0 Å². The third-order valence-electron chi connectivity index (χ3n) is 5.39. The van der Waals surface area contributed by atoms with Gasteiger partial charge in [0, 0.05) is 33.6 Å². The SMILES string of the molecule is O=C(Cc1ccc(F)cc1)c1cc(NC(=O)C2C(c3cc(Cl)cc(Cl)c3)C2(F)Cl)ccc1Cl. The quantitative estimate of drug-likeness (QED) is 0.266. The number of rotatable bonds is 6. The van der Waals surface area contributed by atoms with Gasteiger partial charge in [-0.15, -0.1) is 0 Å². The molecule has 1 N–H and O–H groups in total. The highest BCUT2D eigenvalue weighted by molar-refractivity contribution is 6.35. The molecule has 1 saturated carbocycles. The maximum atomic E-state index is 14.9. The van der Waals surface area contributed by atoms with Crippen LogP contribution in [0.2, 0.25) is 15.1 Å². The Morgan fingerprint density at radius 2 is 1.58 bits per heavy atom. The molecule has 1 fully saturated rings. The van der Waals surface area contributed by atoms with Gasteiger partial charge < -0.3 is 5.32 Å². The van der Waals surface area contributed by atoms with E-state index in [1.807, 2.05) is 0 Å². The Kier molecular flexibility index (Phi) is 6.70. The van der Waals surface area contributed by atoms with Crippen molar-refractivity contribution in [2.45, 2.75) is 17.5 Å². The van der Waals surface area contributed by atoms with Crippen molar-refractivity contribution in [3.63, 3.8) is 0 Å². The van der Waals surface area contributed by atoms with Gasteiger partial charge in [-0.1, -0.05) is 58.5 Å². The number of hydrogen-bond donors (Lipinski definition) is 1. The summed E-state index contributed by atoms with van der Waals surface area (Å²) in [5.41, 5.74) is 1.45. The lowest BCUT2D eigenvalue weighted by atomic mass is 10.0. The molecular formula is C24H15Cl4F2NO2. The van der Waals surface area contributed by atoms with Crippen LogP contribution >= 0.6 is 46.4 Å². The Hall–Kier alpha value is -2.18. The summed E-state index contributed by atoms with van der Waals surface area (Å²) in [7, 11) is 0. The lowest BCUT2D eigenvalue weighted by Gasteiger charge is -2.09. The van der Waals surface area contributed by atoms with Crippen molar-refractivity contribution in [3.8, 4) is 0 Å². The van der Waals surface area contributed by atoms with Gasteiger partial charge in [0.25, 0.3) is 0 Å². The monoisotopic (exact) mass is 527 g/mol. The summed E-state index contributed by atoms with van der Waals surface area (Å²) in [5.74, 6) is -3.49. The molecular weight excluding hydrogens is 514 g/mol. The molecule has 0 spiro atoms. The first-order valence-electron chi connectivity index (χ1n) is 9.78. The maximum absolute atomic E-state index is 14.9. The first kappa shape index (κ1) is 24.0. The van der Waals surface area contributed by atoms with E-state index >= 15 is 0 Å². The van der Waals surface area contributed by atoms with E-state index in [4.69, 9.17) is 46.4 Å². The van der Waals surface area contributed by atoms with Gasteiger partial charge in [-0.3, -0.25) is 9.59 Å². The molecule has 0 radical (unpaired) electrons. The van der Waals surface area contributed by atoms with Gasteiger partial charge in [-0.2, -0.15) is 0 Å². The van der Waals surface area contributed by atoms with Gasteiger partial charge >= 0.3 is 0 Å². The Balaban J connectivity index is 1.50. The van der Waals surface area contributed by atoms with Gasteiger partial charge in [0.15, 0.2) is 5.78 Å². The van der Waals surface area contributed by atoms with Crippen LogP contribution in [0.3, 0.4) is 0 Å². The van der Waals surface area contributed by atoms with E-state index in [1.165, 1.54) is 60.7 Å². The number of alkyl halides is 2. The molecule has 1 amide bonds. The van der Waals surface area contributed by atoms with Crippen LogP contribution in [0.4, 0.5) is 14.5 Å². The summed E-state index contributed by atoms with van der Waals surface area (Å²) in [4.78, 5) is 25.5. The highest BCUT2D eigenvalue weighted by atomic mass is 35.5. The van der Waals surface area contributed by atoms with Crippen molar-refractivity contribution in [3.05, 3.63) is 98.2 Å². The minimum absolute atomic E-state index is 0.00705. The molecule has 0 heterocycles. The summed E-state index contributed by atoms with van der Waals surface area (Å²) >= 11 is 24.1. The van der Waals surface area contributed by atoms with E-state index in [-0.39, 0.29) is 28.5 Å². The van der Waals surface area contributed by atoms with E-state index in [0.29, 0.717) is 21.2 Å². The fraction of sp³-hybridized carbons (Fsp3) is 0.167. The summed E-state index contributed by atoms with van der Waals surface area (Å²) in [6.45, 7) is 0. The zero-order valence-electron chi connectivity index (χ0n) is 16.7. The van der Waals surface area contributed by atoms with Crippen LogP contribution in [-0.2, 0) is 11.2 Å². The third-order valence-corrected chi connectivity index (χ3v) is 6.63. The highest BCUT2D eigenvalue weighted by Gasteiger charge is 2.70. The second-order valence-electron chi connectivity index (χ2n) is 7.74. The molecule has 1 aliphatic rings. The molecule has 3 nitrogen and oxygen atoms in total. The average Bonchev–Trinajstić information content (AvgIpc) is 3.32. The van der Waals surface area contributed by atoms with Crippen LogP contribution in [0.15, 0.2) is 60.7 Å². The van der Waals surface area contributed by atoms with Crippen molar-refractivity contribution >= 4 is 63.8 Å². The van der Waals surface area contributed by atoms with Crippen LogP contribution in [0.1, 0.15) is 27.4 Å². The second kappa shape index (κ2) is 9.22. The summed E-state index contributed by atoms with van der Waals surface area (Å²) in [5, 5.41) is 1.09. The molecule has 3 aromatic carbocycles. The fourth-order valence-corrected chi connectivity index (χ4v) is 4.92. The lowest BCUT2D eigenvalue weighted by Crippen LogP contribution is -2.18. The maximum Gasteiger partial charge on any atom is 0.232 e. The zero-order valence-corrected chi connectivity index (χ0v) is 19.7. The Morgan fingerprint density at radius 1 is 0.939 bits per heavy atom. The summed E-state index contributed by atoms with van der Waals surface area (Å²) in [6, 6.07) is 14.4. The normalized spacial score (nSPS) is 21.5. The molecule has 0 bridgehead atoms. The molecule has 3 atom stereocenters. The van der Waals surface area contributed by atoms with E-state index in [0.717, 1.165) is 0 Å². The molecule has 0 saturated heterocycles. The summed E-state index contributed by atoms with van der Waals surface area (Å²) in [6.07, 6.45) is -0.00705. The second-order valence-corrected chi connectivity index (χ2v) is 9.60. The number of nitrogens with one attached hydrogen (secondary N) is 1. The standard InChI is InChI=1S/C24H15Cl4F2NO2/c25-14-8-13(9-15(26)10-14)21-22(24(21,28)30)23(33)31-17-5-6-19(27)18(11-17)20(32)7-12-1-3-16(29)4-2-12/h1-6,8-11,21-22H,7H2,(H,31,33). The van der Waals surface area contributed by atoms with Crippen LogP contribution in [0.25, 0.3) is 0 Å². The first-order valence-corrected chi connectivity index (χ1v) is 11.3. The Morgan fingerprint density at radius 3 is 2.21 bits per heavy atom. The predicted octanol–water partition coefficient (Wildman–Crippen LogP) is 7.47. The number of Topliss-reactive ketones (excluding diaryl/α,β-unsaturated/α-hetero) is 1. The molecule has 9 heteroatoms. The van der Waals surface area contributed by atoms with Gasteiger partial charge in [0.1, 0.15) is 5.82 Å². The van der Waals surface area contributed by atoms with E-state index in [2.05, 4.69) is 5.32 Å². The number of carbonyl (C=O) groups is 2. The van der Waals surface area contributed by atoms with Crippen LogP contribution in [-0.4, -0.2) is 16.8 Å². The van der Waals surface area contributed by atoms with Gasteiger partial charge in [0.05, 0.1) is 10.9 Å². The number of carbonyl (C=O) groups excluding carboxylic acids is 2. The minimum atomic E-state index is -2.30. The van der Waals surface area contributed by atoms with E-state index in [1.54, 1.807) is 0 Å². The number of anilines is 1. The third kappa shape index (κ3) is 5.17. The fourth-order valence-electron chi connectivity index (χ4n) is 3.74. The number of hydrogen-bond acceptors (Lipinski definition) is 2. The van der Waals surface area contributed by atoms with Gasteiger partial charge in [-0.25, -0.2) is 8.78 Å². The molecule has 0 aliphatic heterocycles. The zero-order chi connectivity index (χ0) is 23.9. The lowest BCUT2D eigenvalue weighted by molar-refractivity contribution is -0.117. The van der Waals surface area contributed by atoms with Crippen LogP contribution in [0.5, 0.6) is 0 Å². The molecule has 4 rings (SSSR count). The molecule has 3 aromatic rings. The molecule has 170 valence electrons. The number of ketones is 1. The smallest absolute Gasteiger partial charge is 0.232 e. The van der Waals surface area contributed by atoms with E-state index in [9.17, 15) is 18.4 Å². The van der Waals surface area contributed by atoms with Gasteiger partial charge in [-0.05, 0) is 59.7 Å². The Labute approximate surface area is 208 Å². The van der Waals surface area contributed by atoms with Gasteiger partial charge in [0.2, 0.25) is 11.0 Å².